The molecule has 0 bridgehead atoms. The van der Waals surface area contributed by atoms with Crippen molar-refractivity contribution in [3.63, 3.8) is 0 Å². The van der Waals surface area contributed by atoms with Crippen LogP contribution in [-0.2, 0) is 24.4 Å². The van der Waals surface area contributed by atoms with Gasteiger partial charge in [-0.3, -0.25) is 10.6 Å². The first-order valence-electron chi connectivity index (χ1n) is 21.6. The van der Waals surface area contributed by atoms with E-state index in [2.05, 4.69) is 97.3 Å². The second-order valence-corrected chi connectivity index (χ2v) is 17.1. The molecule has 6 fully saturated rings. The second kappa shape index (κ2) is 15.6. The maximum absolute atomic E-state index is 6.75. The fourth-order valence-electron chi connectivity index (χ4n) is 7.80. The molecule has 0 aromatic heterocycles. The number of hydrogen-bond acceptors (Lipinski definition) is 12. The van der Waals surface area contributed by atoms with Crippen molar-refractivity contribution in [2.45, 2.75) is 56.9 Å². The van der Waals surface area contributed by atoms with Crippen molar-refractivity contribution in [1.82, 2.24) is 10.6 Å². The zero-order valence-electron chi connectivity index (χ0n) is 34.8. The Morgan fingerprint density at radius 3 is 1.41 bits per heavy atom. The van der Waals surface area contributed by atoms with Gasteiger partial charge in [-0.1, -0.05) is 62.4 Å². The molecule has 0 spiro atoms. The first-order valence-corrected chi connectivity index (χ1v) is 21.6. The van der Waals surface area contributed by atoms with Gasteiger partial charge in [0, 0.05) is 29.6 Å². The van der Waals surface area contributed by atoms with Gasteiger partial charge in [-0.2, -0.15) is 0 Å². The molecule has 6 aliphatic heterocycles. The van der Waals surface area contributed by atoms with Gasteiger partial charge in [-0.05, 0) is 117 Å². The third kappa shape index (κ3) is 8.79. The highest BCUT2D eigenvalue weighted by Crippen LogP contribution is 2.49. The van der Waals surface area contributed by atoms with Crippen LogP contribution in [-0.4, -0.2) is 77.1 Å². The van der Waals surface area contributed by atoms with Crippen LogP contribution in [0.4, 0.5) is 0 Å². The monoisotopic (exact) mass is 846 g/mol. The standard InChI is InChI=1S/C51H46N2O10/c1-51(2,31-7-14-35(15-8-31)61-48-26-55-48)32-9-18-43(62-49-27-56-49)41(19-32)42-21-38(30-5-12-34(13-6-30)60-47-25-54-47)40(22-44(42)63-50-28-57-50)39-20-36(59-46-24-53-46)16-17-37(39)29-3-10-33(11-4-29)58-45-23-52-45/h3-22,45-50,52-53H,23-28H2,1-2H3. The van der Waals surface area contributed by atoms with E-state index >= 15 is 0 Å². The van der Waals surface area contributed by atoms with Crippen LogP contribution in [0, 0.1) is 0 Å². The van der Waals surface area contributed by atoms with E-state index < -0.39 is 5.41 Å². The van der Waals surface area contributed by atoms with Crippen LogP contribution in [0.1, 0.15) is 25.0 Å². The molecule has 6 aromatic carbocycles. The molecule has 6 saturated heterocycles. The van der Waals surface area contributed by atoms with Crippen molar-refractivity contribution in [3.05, 3.63) is 132 Å². The van der Waals surface area contributed by atoms with Gasteiger partial charge >= 0.3 is 0 Å². The molecule has 12 heteroatoms. The summed E-state index contributed by atoms with van der Waals surface area (Å²) in [7, 11) is 0. The summed E-state index contributed by atoms with van der Waals surface area (Å²) in [5.41, 5.74) is 9.47. The lowest BCUT2D eigenvalue weighted by Gasteiger charge is -2.28. The molecule has 6 atom stereocenters. The number of rotatable bonds is 18. The van der Waals surface area contributed by atoms with Crippen LogP contribution in [0.5, 0.6) is 34.5 Å². The zero-order chi connectivity index (χ0) is 42.1. The van der Waals surface area contributed by atoms with E-state index in [9.17, 15) is 0 Å². The van der Waals surface area contributed by atoms with Gasteiger partial charge in [-0.15, -0.1) is 0 Å². The maximum atomic E-state index is 6.75. The molecule has 0 radical (unpaired) electrons. The van der Waals surface area contributed by atoms with Crippen molar-refractivity contribution in [3.8, 4) is 79.0 Å². The first-order chi connectivity index (χ1) is 30.8. The Morgan fingerprint density at radius 1 is 0.397 bits per heavy atom. The lowest BCUT2D eigenvalue weighted by Crippen LogP contribution is -2.19. The zero-order valence-corrected chi connectivity index (χ0v) is 34.8. The number of hydrogen-bond donors (Lipinski definition) is 2. The number of epoxide rings is 4. The van der Waals surface area contributed by atoms with Gasteiger partial charge in [-0.25, -0.2) is 0 Å². The van der Waals surface area contributed by atoms with Crippen molar-refractivity contribution in [2.24, 2.45) is 0 Å². The summed E-state index contributed by atoms with van der Waals surface area (Å²) in [6.45, 7) is 8.34. The van der Waals surface area contributed by atoms with Crippen LogP contribution in [0.25, 0.3) is 44.5 Å². The van der Waals surface area contributed by atoms with Gasteiger partial charge < -0.3 is 47.4 Å². The van der Waals surface area contributed by atoms with Crippen molar-refractivity contribution in [2.75, 3.05) is 39.5 Å². The van der Waals surface area contributed by atoms with Gasteiger partial charge in [0.05, 0.1) is 0 Å². The molecule has 0 aliphatic carbocycles. The molecule has 63 heavy (non-hydrogen) atoms. The lowest BCUT2D eigenvalue weighted by molar-refractivity contribution is 0.177. The van der Waals surface area contributed by atoms with E-state index in [1.165, 1.54) is 0 Å². The van der Waals surface area contributed by atoms with Crippen LogP contribution >= 0.6 is 0 Å². The molecule has 12 nitrogen and oxygen atoms in total. The van der Waals surface area contributed by atoms with Crippen molar-refractivity contribution < 1.29 is 47.4 Å². The molecular weight excluding hydrogens is 801 g/mol. The topological polar surface area (TPSA) is 149 Å². The molecule has 0 amide bonds. The van der Waals surface area contributed by atoms with Crippen LogP contribution in [0.3, 0.4) is 0 Å². The average molecular weight is 847 g/mol. The Kier molecular flexibility index (Phi) is 9.54. The minimum atomic E-state index is -0.399. The first kappa shape index (κ1) is 38.5. The summed E-state index contributed by atoms with van der Waals surface area (Å²) in [6, 6.07) is 41.7. The molecule has 2 N–H and O–H groups in total. The summed E-state index contributed by atoms with van der Waals surface area (Å²) >= 11 is 0. The van der Waals surface area contributed by atoms with Crippen LogP contribution in [0.15, 0.2) is 121 Å². The third-order valence-corrected chi connectivity index (χ3v) is 11.9. The predicted molar refractivity (Wildman–Crippen MR) is 233 cm³/mol. The molecule has 6 unspecified atom stereocenters. The smallest absolute Gasteiger partial charge is 0.223 e. The SMILES string of the molecule is CC(C)(c1ccc(OC2CO2)cc1)c1ccc(OC2CO2)c(-c2cc(-c3ccc(OC4CO4)cc3)c(-c3cc(OC4CN4)ccc3-c3ccc(OC4CN4)cc3)cc2OC2CO2)c1. The third-order valence-electron chi connectivity index (χ3n) is 11.9. The molecule has 0 saturated carbocycles. The van der Waals surface area contributed by atoms with Gasteiger partial charge in [0.25, 0.3) is 0 Å². The lowest BCUT2D eigenvalue weighted by atomic mass is 9.77. The average Bonchev–Trinajstić information content (AvgIpc) is 4.08. The van der Waals surface area contributed by atoms with E-state index in [0.717, 1.165) is 91.7 Å². The Hall–Kier alpha value is -6.12. The molecule has 6 aromatic rings. The summed E-state index contributed by atoms with van der Waals surface area (Å²) in [6.07, 6.45) is -1.05. The fraction of sp³-hybridized carbons (Fsp3) is 0.294. The van der Waals surface area contributed by atoms with Crippen molar-refractivity contribution in [1.29, 1.82) is 0 Å². The highest BCUT2D eigenvalue weighted by molar-refractivity contribution is 5.96. The summed E-state index contributed by atoms with van der Waals surface area (Å²) in [5, 5.41) is 6.48. The second-order valence-electron chi connectivity index (χ2n) is 17.1. The van der Waals surface area contributed by atoms with Gasteiger partial charge in [0.15, 0.2) is 12.5 Å². The number of ether oxygens (including phenoxy) is 10. The van der Waals surface area contributed by atoms with Crippen LogP contribution in [0.2, 0.25) is 0 Å². The predicted octanol–water partition coefficient (Wildman–Crippen LogP) is 8.24. The number of nitrogens with one attached hydrogen (secondary N) is 2. The van der Waals surface area contributed by atoms with Gasteiger partial charge in [0.2, 0.25) is 25.2 Å². The Bertz CT molecular complexity index is 2650. The fourth-order valence-corrected chi connectivity index (χ4v) is 7.80. The molecule has 12 rings (SSSR count). The maximum Gasteiger partial charge on any atom is 0.223 e. The number of benzene rings is 6. The highest BCUT2D eigenvalue weighted by atomic mass is 16.8. The Balaban J connectivity index is 1.02. The minimum absolute atomic E-state index is 0.0269. The normalized spacial score (nSPS) is 23.6. The summed E-state index contributed by atoms with van der Waals surface area (Å²) < 4.78 is 59.5. The Labute approximate surface area is 364 Å². The Morgan fingerprint density at radius 2 is 0.841 bits per heavy atom. The quantitative estimate of drug-likeness (QED) is 0.0803. The van der Waals surface area contributed by atoms with Crippen LogP contribution < -0.4 is 39.1 Å². The van der Waals surface area contributed by atoms with E-state index in [1.54, 1.807) is 0 Å². The molecule has 320 valence electrons. The summed E-state index contributed by atoms with van der Waals surface area (Å²) in [4.78, 5) is 0. The van der Waals surface area contributed by atoms with Crippen molar-refractivity contribution >= 4 is 0 Å². The van der Waals surface area contributed by atoms with E-state index in [1.807, 2.05) is 48.5 Å². The molecule has 6 aliphatic rings. The molecular formula is C51H46N2O10. The highest BCUT2D eigenvalue weighted by Gasteiger charge is 2.33. The van der Waals surface area contributed by atoms with E-state index in [4.69, 9.17) is 47.4 Å². The van der Waals surface area contributed by atoms with E-state index in [0.29, 0.717) is 37.9 Å². The minimum Gasteiger partial charge on any atom is -0.474 e. The largest absolute Gasteiger partial charge is 0.474 e. The van der Waals surface area contributed by atoms with E-state index in [-0.39, 0.29) is 37.6 Å². The summed E-state index contributed by atoms with van der Waals surface area (Å²) in [5.74, 6) is 4.44. The van der Waals surface area contributed by atoms with Gasteiger partial charge in [0.1, 0.15) is 60.9 Å². The molecule has 6 heterocycles.